The van der Waals surface area contributed by atoms with Crippen LogP contribution in [-0.2, 0) is 14.8 Å². The quantitative estimate of drug-likeness (QED) is 0.681. The third-order valence-corrected chi connectivity index (χ3v) is 9.02. The number of hydrogen-bond donors (Lipinski definition) is 1. The molecule has 166 valence electrons. The molecule has 1 fully saturated rings. The van der Waals surface area contributed by atoms with Gasteiger partial charge in [0, 0.05) is 25.6 Å². The number of rotatable bonds is 6. The highest BCUT2D eigenvalue weighted by Crippen LogP contribution is 2.31. The highest BCUT2D eigenvalue weighted by Gasteiger charge is 2.34. The minimum atomic E-state index is -3.55. The fourth-order valence-corrected chi connectivity index (χ4v) is 6.72. The van der Waals surface area contributed by atoms with Gasteiger partial charge in [-0.15, -0.1) is 0 Å². The lowest BCUT2D eigenvalue weighted by Crippen LogP contribution is -2.43. The molecule has 1 amide bonds. The lowest BCUT2D eigenvalue weighted by Gasteiger charge is -2.32. The first-order valence-electron chi connectivity index (χ1n) is 11.2. The van der Waals surface area contributed by atoms with Gasteiger partial charge in [-0.2, -0.15) is 4.31 Å². The summed E-state index contributed by atoms with van der Waals surface area (Å²) in [5.41, 5.74) is 5.12. The molecule has 1 heterocycles. The number of nitrogens with one attached hydrogen (secondary N) is 1. The van der Waals surface area contributed by atoms with Crippen LogP contribution in [0.15, 0.2) is 22.6 Å². The maximum Gasteiger partial charge on any atom is 0.243 e. The first-order valence-corrected chi connectivity index (χ1v) is 12.7. The topological polar surface area (TPSA) is 66.5 Å². The van der Waals surface area contributed by atoms with Gasteiger partial charge in [-0.25, -0.2) is 8.42 Å². The number of aryl methyl sites for hydroxylation is 2. The zero-order valence-corrected chi connectivity index (χ0v) is 19.7. The maximum atomic E-state index is 13.4. The molecule has 0 atom stereocenters. The van der Waals surface area contributed by atoms with Gasteiger partial charge in [0.1, 0.15) is 0 Å². The normalized spacial score (nSPS) is 18.9. The van der Waals surface area contributed by atoms with Gasteiger partial charge in [-0.05, 0) is 94.9 Å². The minimum Gasteiger partial charge on any atom is -0.356 e. The first-order chi connectivity index (χ1) is 14.2. The molecule has 2 aliphatic rings. The van der Waals surface area contributed by atoms with Crippen LogP contribution in [0.25, 0.3) is 0 Å². The summed E-state index contributed by atoms with van der Waals surface area (Å²) in [4.78, 5) is 13.0. The molecule has 5 nitrogen and oxygen atoms in total. The molecule has 0 spiro atoms. The number of amides is 1. The fourth-order valence-electron chi connectivity index (χ4n) is 4.68. The van der Waals surface area contributed by atoms with E-state index in [9.17, 15) is 13.2 Å². The second-order valence-corrected chi connectivity index (χ2v) is 10.8. The van der Waals surface area contributed by atoms with E-state index in [1.165, 1.54) is 18.4 Å². The summed E-state index contributed by atoms with van der Waals surface area (Å²) in [5, 5.41) is 3.07. The smallest absolute Gasteiger partial charge is 0.243 e. The molecule has 1 N–H and O–H groups in total. The van der Waals surface area contributed by atoms with Crippen molar-refractivity contribution in [3.63, 3.8) is 0 Å². The summed E-state index contributed by atoms with van der Waals surface area (Å²) < 4.78 is 28.3. The predicted molar refractivity (Wildman–Crippen MR) is 121 cm³/mol. The molecule has 0 unspecified atom stereocenters. The van der Waals surface area contributed by atoms with Crippen molar-refractivity contribution in [3.05, 3.63) is 40.0 Å². The molecule has 1 saturated heterocycles. The highest BCUT2D eigenvalue weighted by atomic mass is 32.2. The number of sulfonamides is 1. The van der Waals surface area contributed by atoms with Crippen molar-refractivity contribution in [1.82, 2.24) is 9.62 Å². The Morgan fingerprint density at radius 2 is 1.70 bits per heavy atom. The van der Waals surface area contributed by atoms with Gasteiger partial charge in [-0.1, -0.05) is 17.7 Å². The van der Waals surface area contributed by atoms with Crippen LogP contribution < -0.4 is 5.32 Å². The molecule has 1 aromatic carbocycles. The van der Waals surface area contributed by atoms with E-state index < -0.39 is 10.0 Å². The Morgan fingerprint density at radius 1 is 1.07 bits per heavy atom. The van der Waals surface area contributed by atoms with E-state index >= 15 is 0 Å². The summed E-state index contributed by atoms with van der Waals surface area (Å²) in [6.45, 7) is 9.17. The van der Waals surface area contributed by atoms with Crippen LogP contribution in [0.1, 0.15) is 67.2 Å². The largest absolute Gasteiger partial charge is 0.356 e. The van der Waals surface area contributed by atoms with Crippen molar-refractivity contribution >= 4 is 15.9 Å². The maximum absolute atomic E-state index is 13.4. The number of carbonyl (C=O) groups is 1. The van der Waals surface area contributed by atoms with E-state index in [4.69, 9.17) is 0 Å². The summed E-state index contributed by atoms with van der Waals surface area (Å²) in [7, 11) is -3.55. The number of carbonyl (C=O) groups excluding carboxylic acids is 1. The van der Waals surface area contributed by atoms with Gasteiger partial charge in [0.2, 0.25) is 15.9 Å². The van der Waals surface area contributed by atoms with Gasteiger partial charge in [-0.3, -0.25) is 4.79 Å². The van der Waals surface area contributed by atoms with E-state index in [1.807, 2.05) is 33.8 Å². The number of benzene rings is 1. The van der Waals surface area contributed by atoms with E-state index in [0.717, 1.165) is 41.5 Å². The zero-order valence-electron chi connectivity index (χ0n) is 18.9. The second kappa shape index (κ2) is 9.65. The average molecular weight is 433 g/mol. The number of nitrogens with zero attached hydrogens (tertiary/aromatic N) is 1. The predicted octanol–water partition coefficient (Wildman–Crippen LogP) is 4.33. The molecule has 3 rings (SSSR count). The molecule has 0 aromatic heterocycles. The zero-order chi connectivity index (χ0) is 21.9. The van der Waals surface area contributed by atoms with E-state index in [2.05, 4.69) is 11.4 Å². The Labute approximate surface area is 182 Å². The third-order valence-electron chi connectivity index (χ3n) is 6.85. The molecule has 6 heteroatoms. The van der Waals surface area contributed by atoms with Crippen molar-refractivity contribution in [1.29, 1.82) is 0 Å². The van der Waals surface area contributed by atoms with Crippen molar-refractivity contribution in [2.75, 3.05) is 19.6 Å². The monoisotopic (exact) mass is 432 g/mol. The first kappa shape index (κ1) is 23.0. The standard InChI is InChI=1S/C24H36N2O3S/c1-17-16-18(2)20(4)23(19(17)3)30(28,29)26-14-11-22(12-15-26)24(27)25-13-10-21-8-6-5-7-9-21/h8,16,22H,5-7,9-15H2,1-4H3,(H,25,27). The van der Waals surface area contributed by atoms with Crippen LogP contribution in [0.2, 0.25) is 0 Å². The Balaban J connectivity index is 1.58. The molecular weight excluding hydrogens is 396 g/mol. The van der Waals surface area contributed by atoms with Crippen LogP contribution >= 0.6 is 0 Å². The van der Waals surface area contributed by atoms with Crippen molar-refractivity contribution < 1.29 is 13.2 Å². The Bertz CT molecular complexity index is 900. The highest BCUT2D eigenvalue weighted by molar-refractivity contribution is 7.89. The Morgan fingerprint density at radius 3 is 2.27 bits per heavy atom. The Hall–Kier alpha value is -1.66. The average Bonchev–Trinajstić information content (AvgIpc) is 2.73. The van der Waals surface area contributed by atoms with Crippen LogP contribution in [0, 0.1) is 33.6 Å². The molecular formula is C24H36N2O3S. The molecule has 1 aromatic rings. The number of piperidine rings is 1. The summed E-state index contributed by atoms with van der Waals surface area (Å²) in [6.07, 6.45) is 9.26. The van der Waals surface area contributed by atoms with Gasteiger partial charge in [0.25, 0.3) is 0 Å². The van der Waals surface area contributed by atoms with Crippen molar-refractivity contribution in [2.24, 2.45) is 5.92 Å². The molecule has 0 radical (unpaired) electrons. The molecule has 30 heavy (non-hydrogen) atoms. The van der Waals surface area contributed by atoms with Gasteiger partial charge in [0.15, 0.2) is 0 Å². The van der Waals surface area contributed by atoms with Crippen LogP contribution in [-0.4, -0.2) is 38.3 Å². The van der Waals surface area contributed by atoms with Crippen molar-refractivity contribution in [2.45, 2.75) is 77.5 Å². The van der Waals surface area contributed by atoms with E-state index in [-0.39, 0.29) is 11.8 Å². The van der Waals surface area contributed by atoms with Gasteiger partial charge >= 0.3 is 0 Å². The number of allylic oxidation sites excluding steroid dienone is 1. The fraction of sp³-hybridized carbons (Fsp3) is 0.625. The van der Waals surface area contributed by atoms with E-state index in [0.29, 0.717) is 37.4 Å². The third kappa shape index (κ3) is 4.97. The van der Waals surface area contributed by atoms with Crippen LogP contribution in [0.4, 0.5) is 0 Å². The lowest BCUT2D eigenvalue weighted by molar-refractivity contribution is -0.126. The Kier molecular flexibility index (Phi) is 7.40. The molecule has 0 bridgehead atoms. The van der Waals surface area contributed by atoms with Gasteiger partial charge < -0.3 is 5.32 Å². The summed E-state index contributed by atoms with van der Waals surface area (Å²) >= 11 is 0. The minimum absolute atomic E-state index is 0.0715. The molecule has 1 aliphatic carbocycles. The molecule has 1 aliphatic heterocycles. The van der Waals surface area contributed by atoms with Gasteiger partial charge in [0.05, 0.1) is 4.90 Å². The van der Waals surface area contributed by atoms with Crippen LogP contribution in [0.5, 0.6) is 0 Å². The summed E-state index contributed by atoms with van der Waals surface area (Å²) in [6, 6.07) is 2.05. The molecule has 0 saturated carbocycles. The van der Waals surface area contributed by atoms with Crippen molar-refractivity contribution in [3.8, 4) is 0 Å². The second-order valence-electron chi connectivity index (χ2n) is 8.92. The van der Waals surface area contributed by atoms with Crippen LogP contribution in [0.3, 0.4) is 0 Å². The number of hydrogen-bond acceptors (Lipinski definition) is 3. The SMILES string of the molecule is Cc1cc(C)c(C)c(S(=O)(=O)N2CCC(C(=O)NCCC3=CCCCC3)CC2)c1C. The lowest BCUT2D eigenvalue weighted by atomic mass is 9.96. The summed E-state index contributed by atoms with van der Waals surface area (Å²) in [5.74, 6) is -0.0274. The van der Waals surface area contributed by atoms with E-state index in [1.54, 1.807) is 4.31 Å².